The van der Waals surface area contributed by atoms with Crippen LogP contribution in [-0.4, -0.2) is 32.3 Å². The van der Waals surface area contributed by atoms with Gasteiger partial charge in [0.2, 0.25) is 0 Å². The van der Waals surface area contributed by atoms with Crippen molar-refractivity contribution in [2.45, 2.75) is 6.92 Å². The Morgan fingerprint density at radius 3 is 2.23 bits per heavy atom. The fourth-order valence-corrected chi connectivity index (χ4v) is 2.68. The largest absolute Gasteiger partial charge is 0.497 e. The van der Waals surface area contributed by atoms with Gasteiger partial charge in [0, 0.05) is 17.1 Å². The van der Waals surface area contributed by atoms with Crippen molar-refractivity contribution in [1.82, 2.24) is 4.98 Å². The Morgan fingerprint density at radius 1 is 1.14 bits per heavy atom. The third-order valence-electron chi connectivity index (χ3n) is 2.94. The lowest BCUT2D eigenvalue weighted by molar-refractivity contribution is -0.133. The molecule has 0 N–H and O–H groups in total. The molecule has 0 aliphatic heterocycles. The average molecular weight is 319 g/mol. The van der Waals surface area contributed by atoms with Crippen LogP contribution >= 0.6 is 11.3 Å². The molecule has 116 valence electrons. The fourth-order valence-electron chi connectivity index (χ4n) is 1.88. The van der Waals surface area contributed by atoms with Gasteiger partial charge in [-0.1, -0.05) is 0 Å². The second-order valence-corrected chi connectivity index (χ2v) is 5.35. The van der Waals surface area contributed by atoms with E-state index in [9.17, 15) is 4.79 Å². The minimum atomic E-state index is -0.434. The van der Waals surface area contributed by atoms with Crippen molar-refractivity contribution in [1.29, 1.82) is 0 Å². The van der Waals surface area contributed by atoms with Gasteiger partial charge >= 0.3 is 5.97 Å². The number of thiazole rings is 1. The van der Waals surface area contributed by atoms with Crippen LogP contribution in [0.1, 0.15) is 16.3 Å². The van der Waals surface area contributed by atoms with Crippen molar-refractivity contribution < 1.29 is 19.0 Å². The highest BCUT2D eigenvalue weighted by atomic mass is 32.1. The highest BCUT2D eigenvalue weighted by Gasteiger charge is 2.16. The molecule has 22 heavy (non-hydrogen) atoms. The van der Waals surface area contributed by atoms with E-state index in [1.807, 2.05) is 24.4 Å². The van der Waals surface area contributed by atoms with E-state index in [-0.39, 0.29) is 0 Å². The van der Waals surface area contributed by atoms with Gasteiger partial charge in [0.15, 0.2) is 0 Å². The second-order valence-electron chi connectivity index (χ2n) is 4.49. The van der Waals surface area contributed by atoms with Gasteiger partial charge in [-0.3, -0.25) is 0 Å². The third kappa shape index (κ3) is 3.65. The maximum Gasteiger partial charge on any atom is 0.340 e. The van der Waals surface area contributed by atoms with Gasteiger partial charge in [-0.25, -0.2) is 9.78 Å². The molecule has 0 unspecified atom stereocenters. The zero-order valence-electron chi connectivity index (χ0n) is 12.9. The van der Waals surface area contributed by atoms with Crippen LogP contribution in [0.2, 0.25) is 0 Å². The van der Waals surface area contributed by atoms with E-state index in [2.05, 4.69) is 4.98 Å². The maximum atomic E-state index is 12.0. The molecule has 0 saturated heterocycles. The van der Waals surface area contributed by atoms with Gasteiger partial charge in [0.25, 0.3) is 0 Å². The molecule has 0 radical (unpaired) electrons. The molecule has 1 aromatic carbocycles. The summed E-state index contributed by atoms with van der Waals surface area (Å²) in [5.74, 6) is 0.853. The average Bonchev–Trinajstić information content (AvgIpc) is 2.97. The lowest BCUT2D eigenvalue weighted by Gasteiger charge is -2.07. The molecule has 0 amide bonds. The summed E-state index contributed by atoms with van der Waals surface area (Å²) in [5.41, 5.74) is 2.03. The van der Waals surface area contributed by atoms with Crippen molar-refractivity contribution in [3.63, 3.8) is 0 Å². The van der Waals surface area contributed by atoms with E-state index in [4.69, 9.17) is 14.2 Å². The predicted octanol–water partition coefficient (Wildman–Crippen LogP) is 3.18. The van der Waals surface area contributed by atoms with Gasteiger partial charge in [0.1, 0.15) is 16.5 Å². The van der Waals surface area contributed by atoms with Gasteiger partial charge in [-0.05, 0) is 30.7 Å². The highest BCUT2D eigenvalue weighted by molar-refractivity contribution is 7.11. The van der Waals surface area contributed by atoms with Crippen LogP contribution in [0.25, 0.3) is 11.6 Å². The number of aromatic nitrogens is 1. The summed E-state index contributed by atoms with van der Waals surface area (Å²) >= 11 is 1.40. The van der Waals surface area contributed by atoms with Crippen molar-refractivity contribution in [3.8, 4) is 11.5 Å². The molecule has 1 aromatic heterocycles. The summed E-state index contributed by atoms with van der Waals surface area (Å²) in [6.07, 6.45) is 1.72. The number of ether oxygens (including phenoxy) is 3. The van der Waals surface area contributed by atoms with E-state index in [0.717, 1.165) is 11.3 Å². The molecule has 0 atom stereocenters. The summed E-state index contributed by atoms with van der Waals surface area (Å²) in [4.78, 5) is 16.4. The van der Waals surface area contributed by atoms with Crippen LogP contribution in [0.15, 0.2) is 23.6 Å². The number of methoxy groups -OCH3 is 3. The second kappa shape index (κ2) is 7.09. The minimum Gasteiger partial charge on any atom is -0.497 e. The Kier molecular flexibility index (Phi) is 5.16. The van der Waals surface area contributed by atoms with Gasteiger partial charge in [-0.2, -0.15) is 0 Å². The maximum absolute atomic E-state index is 12.0. The quantitative estimate of drug-likeness (QED) is 0.626. The van der Waals surface area contributed by atoms with Gasteiger partial charge < -0.3 is 14.2 Å². The van der Waals surface area contributed by atoms with Crippen LogP contribution in [-0.2, 0) is 9.53 Å². The van der Waals surface area contributed by atoms with Crippen LogP contribution in [0, 0.1) is 6.92 Å². The molecule has 0 spiro atoms. The molecule has 0 saturated carbocycles. The summed E-state index contributed by atoms with van der Waals surface area (Å²) in [5, 5.41) is 2.50. The molecule has 2 aromatic rings. The standard InChI is InChI=1S/C16H17NO4S/c1-10-9-22-15(17-10)14(16(18)21-4)7-11-5-12(19-2)8-13(6-11)20-3/h5-9H,1-4H3/b14-7-. The van der Waals surface area contributed by atoms with Gasteiger partial charge in [-0.15, -0.1) is 11.3 Å². The van der Waals surface area contributed by atoms with Crippen molar-refractivity contribution >= 4 is 29.0 Å². The predicted molar refractivity (Wildman–Crippen MR) is 86.3 cm³/mol. The van der Waals surface area contributed by atoms with Crippen LogP contribution in [0.5, 0.6) is 11.5 Å². The zero-order chi connectivity index (χ0) is 16.1. The highest BCUT2D eigenvalue weighted by Crippen LogP contribution is 2.28. The number of benzene rings is 1. The lowest BCUT2D eigenvalue weighted by Crippen LogP contribution is -2.03. The molecule has 1 heterocycles. The molecule has 0 bridgehead atoms. The Labute approximate surface area is 133 Å². The molecule has 0 fully saturated rings. The van der Waals surface area contributed by atoms with Crippen molar-refractivity contribution in [2.75, 3.05) is 21.3 Å². The van der Waals surface area contributed by atoms with Crippen LogP contribution in [0.3, 0.4) is 0 Å². The molecule has 6 heteroatoms. The molecule has 0 aliphatic carbocycles. The summed E-state index contributed by atoms with van der Waals surface area (Å²) in [6.45, 7) is 1.88. The number of hydrogen-bond donors (Lipinski definition) is 0. The topological polar surface area (TPSA) is 57.7 Å². The molecular formula is C16H17NO4S. The Hall–Kier alpha value is -2.34. The summed E-state index contributed by atoms with van der Waals surface area (Å²) < 4.78 is 15.3. The van der Waals surface area contributed by atoms with E-state index < -0.39 is 5.97 Å². The summed E-state index contributed by atoms with van der Waals surface area (Å²) in [7, 11) is 4.50. The first-order chi connectivity index (χ1) is 10.6. The first kappa shape index (κ1) is 16.0. The first-order valence-electron chi connectivity index (χ1n) is 6.53. The first-order valence-corrected chi connectivity index (χ1v) is 7.41. The zero-order valence-corrected chi connectivity index (χ0v) is 13.7. The molecular weight excluding hydrogens is 302 g/mol. The van der Waals surface area contributed by atoms with E-state index in [0.29, 0.717) is 22.1 Å². The number of hydrogen-bond acceptors (Lipinski definition) is 6. The fraction of sp³-hybridized carbons (Fsp3) is 0.250. The number of aryl methyl sites for hydroxylation is 1. The molecule has 5 nitrogen and oxygen atoms in total. The minimum absolute atomic E-state index is 0.399. The van der Waals surface area contributed by atoms with E-state index >= 15 is 0 Å². The lowest BCUT2D eigenvalue weighted by atomic mass is 10.1. The number of esters is 1. The molecule has 2 rings (SSSR count). The number of rotatable bonds is 5. The SMILES string of the molecule is COC(=O)/C(=C\c1cc(OC)cc(OC)c1)c1nc(C)cs1. The van der Waals surface area contributed by atoms with Crippen molar-refractivity contribution in [2.24, 2.45) is 0 Å². The smallest absolute Gasteiger partial charge is 0.340 e. The normalized spacial score (nSPS) is 11.2. The number of nitrogens with zero attached hydrogens (tertiary/aromatic N) is 1. The monoisotopic (exact) mass is 319 g/mol. The van der Waals surface area contributed by atoms with Crippen molar-refractivity contribution in [3.05, 3.63) is 39.8 Å². The Balaban J connectivity index is 2.51. The van der Waals surface area contributed by atoms with E-state index in [1.165, 1.54) is 18.4 Å². The Morgan fingerprint density at radius 2 is 1.77 bits per heavy atom. The van der Waals surface area contributed by atoms with E-state index in [1.54, 1.807) is 26.4 Å². The third-order valence-corrected chi connectivity index (χ3v) is 3.93. The number of carbonyl (C=O) groups is 1. The van der Waals surface area contributed by atoms with Gasteiger partial charge in [0.05, 0.1) is 26.9 Å². The van der Waals surface area contributed by atoms with Crippen LogP contribution < -0.4 is 9.47 Å². The summed E-state index contributed by atoms with van der Waals surface area (Å²) in [6, 6.07) is 5.39. The van der Waals surface area contributed by atoms with Crippen LogP contribution in [0.4, 0.5) is 0 Å². The Bertz CT molecular complexity index is 684. The number of carbonyl (C=O) groups excluding carboxylic acids is 1. The molecule has 0 aliphatic rings.